The molecule has 0 amide bonds. The topological polar surface area (TPSA) is 130 Å². The first kappa shape index (κ1) is 18.9. The van der Waals surface area contributed by atoms with E-state index in [2.05, 4.69) is 20.6 Å². The number of carboxylic acids is 1. The summed E-state index contributed by atoms with van der Waals surface area (Å²) in [5.41, 5.74) is -0.787. The summed E-state index contributed by atoms with van der Waals surface area (Å²) in [7, 11) is 0. The molecule has 3 N–H and O–H groups in total. The van der Waals surface area contributed by atoms with E-state index in [-0.39, 0.29) is 18.1 Å². The molecule has 0 aliphatic rings. The number of carbonyl (C=O) groups is 1. The lowest BCUT2D eigenvalue weighted by molar-refractivity contribution is -0.384. The van der Waals surface area contributed by atoms with E-state index in [9.17, 15) is 28.1 Å². The van der Waals surface area contributed by atoms with E-state index in [1.807, 2.05) is 0 Å². The zero-order chi connectivity index (χ0) is 19.3. The number of benzene rings is 1. The molecule has 9 nitrogen and oxygen atoms in total. The number of nitrogens with one attached hydrogen (secondary N) is 2. The molecule has 138 valence electrons. The monoisotopic (exact) mass is 371 g/mol. The summed E-state index contributed by atoms with van der Waals surface area (Å²) in [4.78, 5) is 27.5. The predicted octanol–water partition coefficient (Wildman–Crippen LogP) is 2.51. The van der Waals surface area contributed by atoms with Crippen LogP contribution >= 0.6 is 0 Å². The number of nitro groups is 1. The number of anilines is 2. The molecule has 1 heterocycles. The minimum Gasteiger partial charge on any atom is -0.480 e. The van der Waals surface area contributed by atoms with Gasteiger partial charge < -0.3 is 15.7 Å². The van der Waals surface area contributed by atoms with Gasteiger partial charge in [0.05, 0.1) is 4.92 Å². The fourth-order valence-corrected chi connectivity index (χ4v) is 1.84. The van der Waals surface area contributed by atoms with Crippen molar-refractivity contribution in [3.63, 3.8) is 0 Å². The van der Waals surface area contributed by atoms with Gasteiger partial charge in [-0.25, -0.2) is 4.98 Å². The van der Waals surface area contributed by atoms with Gasteiger partial charge in [0.1, 0.15) is 12.4 Å². The number of carboxylic acid groups (broad SMARTS) is 1. The van der Waals surface area contributed by atoms with Crippen LogP contribution in [0.15, 0.2) is 30.3 Å². The number of halogens is 3. The maximum absolute atomic E-state index is 12.9. The van der Waals surface area contributed by atoms with Crippen molar-refractivity contribution in [2.75, 3.05) is 17.2 Å². The number of alkyl halides is 3. The molecule has 0 saturated heterocycles. The molecule has 12 heteroatoms. The van der Waals surface area contributed by atoms with Gasteiger partial charge in [-0.1, -0.05) is 12.1 Å². The molecule has 0 unspecified atom stereocenters. The minimum atomic E-state index is -4.74. The van der Waals surface area contributed by atoms with Gasteiger partial charge in [-0.05, 0) is 5.56 Å². The number of hydrogen-bond acceptors (Lipinski definition) is 7. The maximum atomic E-state index is 12.9. The van der Waals surface area contributed by atoms with E-state index < -0.39 is 35.3 Å². The molecule has 0 radical (unpaired) electrons. The quantitative estimate of drug-likeness (QED) is 0.500. The molecule has 0 atom stereocenters. The highest BCUT2D eigenvalue weighted by molar-refractivity contribution is 5.71. The summed E-state index contributed by atoms with van der Waals surface area (Å²) < 4.78 is 38.7. The van der Waals surface area contributed by atoms with Gasteiger partial charge >= 0.3 is 12.1 Å². The SMILES string of the molecule is O=C(O)CNc1nc(NCc2ccc([N+](=O)[O-])cc2)cc(C(F)(F)F)n1. The van der Waals surface area contributed by atoms with Crippen LogP contribution < -0.4 is 10.6 Å². The van der Waals surface area contributed by atoms with Crippen LogP contribution in [-0.2, 0) is 17.5 Å². The smallest absolute Gasteiger partial charge is 0.433 e. The third-order valence-electron chi connectivity index (χ3n) is 3.04. The highest BCUT2D eigenvalue weighted by atomic mass is 19.4. The standard InChI is InChI=1S/C14H12F3N5O4/c15-14(16,17)10-5-11(21-13(20-10)19-7-12(23)24)18-6-8-1-3-9(4-2-8)22(25)26/h1-5H,6-7H2,(H,23,24)(H2,18,19,20,21). The number of rotatable bonds is 7. The summed E-state index contributed by atoms with van der Waals surface area (Å²) >= 11 is 0. The minimum absolute atomic E-state index is 0.0463. The van der Waals surface area contributed by atoms with Gasteiger partial charge in [-0.2, -0.15) is 18.2 Å². The molecule has 0 fully saturated rings. The Morgan fingerprint density at radius 3 is 2.38 bits per heavy atom. The summed E-state index contributed by atoms with van der Waals surface area (Å²) in [6, 6.07) is 6.09. The number of nitrogens with zero attached hydrogens (tertiary/aromatic N) is 3. The van der Waals surface area contributed by atoms with Crippen LogP contribution in [0.4, 0.5) is 30.6 Å². The largest absolute Gasteiger partial charge is 0.480 e. The Morgan fingerprint density at radius 2 is 1.85 bits per heavy atom. The van der Waals surface area contributed by atoms with Crippen molar-refractivity contribution < 1.29 is 28.0 Å². The van der Waals surface area contributed by atoms with E-state index in [1.165, 1.54) is 24.3 Å². The van der Waals surface area contributed by atoms with Crippen molar-refractivity contribution in [1.29, 1.82) is 0 Å². The predicted molar refractivity (Wildman–Crippen MR) is 83.6 cm³/mol. The molecular weight excluding hydrogens is 359 g/mol. The fraction of sp³-hybridized carbons (Fsp3) is 0.214. The highest BCUT2D eigenvalue weighted by Gasteiger charge is 2.33. The highest BCUT2D eigenvalue weighted by Crippen LogP contribution is 2.29. The number of hydrogen-bond donors (Lipinski definition) is 3. The van der Waals surface area contributed by atoms with Crippen molar-refractivity contribution in [1.82, 2.24) is 9.97 Å². The van der Waals surface area contributed by atoms with E-state index >= 15 is 0 Å². The summed E-state index contributed by atoms with van der Waals surface area (Å²) in [5, 5.41) is 24.0. The van der Waals surface area contributed by atoms with E-state index in [4.69, 9.17) is 5.11 Å². The molecular formula is C14H12F3N5O4. The average molecular weight is 371 g/mol. The van der Waals surface area contributed by atoms with Crippen LogP contribution in [0, 0.1) is 10.1 Å². The average Bonchev–Trinajstić information content (AvgIpc) is 2.57. The maximum Gasteiger partial charge on any atom is 0.433 e. The zero-order valence-corrected chi connectivity index (χ0v) is 12.9. The second kappa shape index (κ2) is 7.63. The van der Waals surface area contributed by atoms with Crippen LogP contribution in [0.25, 0.3) is 0 Å². The van der Waals surface area contributed by atoms with Crippen LogP contribution in [0.1, 0.15) is 11.3 Å². The molecule has 2 aromatic rings. The van der Waals surface area contributed by atoms with Crippen molar-refractivity contribution in [3.05, 3.63) is 51.7 Å². The lowest BCUT2D eigenvalue weighted by Gasteiger charge is -2.12. The molecule has 1 aromatic heterocycles. The Balaban J connectivity index is 2.17. The summed E-state index contributed by atoms with van der Waals surface area (Å²) in [6.07, 6.45) is -4.74. The molecule has 26 heavy (non-hydrogen) atoms. The van der Waals surface area contributed by atoms with Crippen molar-refractivity contribution in [2.45, 2.75) is 12.7 Å². The van der Waals surface area contributed by atoms with E-state index in [1.54, 1.807) is 0 Å². The number of aliphatic carboxylic acids is 1. The Hall–Kier alpha value is -3.44. The molecule has 0 spiro atoms. The third-order valence-corrected chi connectivity index (χ3v) is 3.04. The van der Waals surface area contributed by atoms with Crippen LogP contribution in [0.5, 0.6) is 0 Å². The number of aromatic nitrogens is 2. The van der Waals surface area contributed by atoms with Crippen molar-refractivity contribution >= 4 is 23.4 Å². The zero-order valence-electron chi connectivity index (χ0n) is 12.9. The molecule has 2 rings (SSSR count). The normalized spacial score (nSPS) is 11.0. The van der Waals surface area contributed by atoms with E-state index in [0.29, 0.717) is 11.6 Å². The van der Waals surface area contributed by atoms with Crippen LogP contribution in [0.3, 0.4) is 0 Å². The lowest BCUT2D eigenvalue weighted by Crippen LogP contribution is -2.18. The Morgan fingerprint density at radius 1 is 1.19 bits per heavy atom. The van der Waals surface area contributed by atoms with Crippen LogP contribution in [0.2, 0.25) is 0 Å². The fourth-order valence-electron chi connectivity index (χ4n) is 1.84. The van der Waals surface area contributed by atoms with Gasteiger partial charge in [0.25, 0.3) is 5.69 Å². The number of nitro benzene ring substituents is 1. The molecule has 0 aliphatic heterocycles. The van der Waals surface area contributed by atoms with Gasteiger partial charge in [0.15, 0.2) is 5.69 Å². The third kappa shape index (κ3) is 5.29. The molecule has 0 bridgehead atoms. The summed E-state index contributed by atoms with van der Waals surface area (Å²) in [6.45, 7) is -0.603. The first-order chi connectivity index (χ1) is 12.1. The van der Waals surface area contributed by atoms with Gasteiger partial charge in [0, 0.05) is 24.7 Å². The first-order valence-corrected chi connectivity index (χ1v) is 7.04. The number of non-ortho nitro benzene ring substituents is 1. The second-order valence-electron chi connectivity index (χ2n) is 4.98. The van der Waals surface area contributed by atoms with Gasteiger partial charge in [-0.15, -0.1) is 0 Å². The Bertz CT molecular complexity index is 811. The van der Waals surface area contributed by atoms with Crippen molar-refractivity contribution in [3.8, 4) is 0 Å². The Kier molecular flexibility index (Phi) is 5.54. The van der Waals surface area contributed by atoms with Gasteiger partial charge in [-0.3, -0.25) is 14.9 Å². The molecule has 0 aliphatic carbocycles. The Labute approximate surface area is 144 Å². The second-order valence-corrected chi connectivity index (χ2v) is 4.98. The van der Waals surface area contributed by atoms with Crippen LogP contribution in [-0.4, -0.2) is 32.5 Å². The molecule has 1 aromatic carbocycles. The lowest BCUT2D eigenvalue weighted by atomic mass is 10.2. The first-order valence-electron chi connectivity index (χ1n) is 7.04. The van der Waals surface area contributed by atoms with E-state index in [0.717, 1.165) is 0 Å². The van der Waals surface area contributed by atoms with Crippen molar-refractivity contribution in [2.24, 2.45) is 0 Å². The summed E-state index contributed by atoms with van der Waals surface area (Å²) in [5.74, 6) is -1.96. The molecule has 0 saturated carbocycles. The van der Waals surface area contributed by atoms with Gasteiger partial charge in [0.2, 0.25) is 5.95 Å².